The summed E-state index contributed by atoms with van der Waals surface area (Å²) in [5.74, 6) is 10.6. The third kappa shape index (κ3) is 5.83. The largest absolute Gasteiger partial charge is 0.0882 e. The average molecular weight is 493 g/mol. The van der Waals surface area contributed by atoms with Crippen molar-refractivity contribution in [2.45, 2.75) is 154 Å². The van der Waals surface area contributed by atoms with Gasteiger partial charge in [-0.3, -0.25) is 0 Å². The summed E-state index contributed by atoms with van der Waals surface area (Å²) in [6.45, 7) is 0. The Morgan fingerprint density at radius 3 is 1.53 bits per heavy atom. The minimum Gasteiger partial charge on any atom is -0.0882 e. The average Bonchev–Trinajstić information content (AvgIpc) is 2.96. The molecule has 36 heavy (non-hydrogen) atoms. The van der Waals surface area contributed by atoms with E-state index in [1.54, 1.807) is 109 Å². The second-order valence-corrected chi connectivity index (χ2v) is 14.9. The van der Waals surface area contributed by atoms with Crippen molar-refractivity contribution in [3.8, 4) is 0 Å². The van der Waals surface area contributed by atoms with E-state index in [1.165, 1.54) is 44.9 Å². The van der Waals surface area contributed by atoms with Gasteiger partial charge in [0.05, 0.1) is 0 Å². The molecular formula is C36H60. The van der Waals surface area contributed by atoms with E-state index in [0.717, 1.165) is 59.2 Å². The van der Waals surface area contributed by atoms with Crippen molar-refractivity contribution >= 4 is 0 Å². The number of hydrogen-bond donors (Lipinski definition) is 0. The smallest absolute Gasteiger partial charge is 0.0174 e. The Hall–Kier alpha value is -0.260. The fourth-order valence-electron chi connectivity index (χ4n) is 11.6. The van der Waals surface area contributed by atoms with Crippen LogP contribution in [0.2, 0.25) is 0 Å². The fraction of sp³-hybridized carbons (Fsp3) is 0.944. The van der Waals surface area contributed by atoms with E-state index in [9.17, 15) is 0 Å². The molecule has 204 valence electrons. The van der Waals surface area contributed by atoms with Gasteiger partial charge in [0.15, 0.2) is 0 Å². The molecule has 0 aromatic heterocycles. The minimum absolute atomic E-state index is 0.951. The molecule has 7 atom stereocenters. The van der Waals surface area contributed by atoms with Crippen LogP contribution in [0.25, 0.3) is 0 Å². The van der Waals surface area contributed by atoms with Crippen LogP contribution in [0.3, 0.4) is 0 Å². The van der Waals surface area contributed by atoms with E-state index in [-0.39, 0.29) is 0 Å². The Kier molecular flexibility index (Phi) is 9.19. The Morgan fingerprint density at radius 1 is 0.306 bits per heavy atom. The van der Waals surface area contributed by atoms with Gasteiger partial charge in [-0.15, -0.1) is 0 Å². The molecule has 6 aliphatic carbocycles. The summed E-state index contributed by atoms with van der Waals surface area (Å²) in [5, 5.41) is 0. The molecule has 0 bridgehead atoms. The lowest BCUT2D eigenvalue weighted by Crippen LogP contribution is -2.43. The van der Waals surface area contributed by atoms with Crippen LogP contribution in [-0.2, 0) is 0 Å². The highest BCUT2D eigenvalue weighted by atomic mass is 14.5. The molecule has 0 nitrogen and oxygen atoms in total. The molecule has 6 rings (SSSR count). The van der Waals surface area contributed by atoms with Gasteiger partial charge >= 0.3 is 0 Å². The Morgan fingerprint density at radius 2 is 0.778 bits per heavy atom. The van der Waals surface area contributed by atoms with Crippen LogP contribution in [-0.4, -0.2) is 0 Å². The van der Waals surface area contributed by atoms with Crippen LogP contribution >= 0.6 is 0 Å². The molecule has 7 unspecified atom stereocenters. The number of fused-ring (bicyclic) bond motifs is 2. The second-order valence-electron chi connectivity index (χ2n) is 14.9. The first-order valence-corrected chi connectivity index (χ1v) is 17.5. The summed E-state index contributed by atoms with van der Waals surface area (Å²) in [7, 11) is 0. The summed E-state index contributed by atoms with van der Waals surface area (Å²) >= 11 is 0. The number of rotatable bonds is 3. The standard InChI is InChI=1S/C36H60/c1-2-7-19-35(34-22-12-16-29-15-8-9-18-31(29)34)36-21-11-10-20-33(36)32(17-6-1)30-25-23-28(24-26-30)27-13-4-3-5-14-27/h9,18,27-36H,1-8,10-17,19-26H2. The van der Waals surface area contributed by atoms with Crippen LogP contribution in [0.1, 0.15) is 154 Å². The van der Waals surface area contributed by atoms with Crippen LogP contribution in [0.4, 0.5) is 0 Å². The molecule has 0 heteroatoms. The van der Waals surface area contributed by atoms with E-state index >= 15 is 0 Å². The molecule has 5 fully saturated rings. The zero-order valence-electron chi connectivity index (χ0n) is 23.9. The molecule has 0 radical (unpaired) electrons. The molecule has 0 amide bonds. The zero-order valence-corrected chi connectivity index (χ0v) is 23.9. The third-order valence-corrected chi connectivity index (χ3v) is 13.3. The van der Waals surface area contributed by atoms with Crippen molar-refractivity contribution in [1.82, 2.24) is 0 Å². The molecule has 0 aromatic carbocycles. The van der Waals surface area contributed by atoms with Crippen molar-refractivity contribution in [2.24, 2.45) is 59.2 Å². The lowest BCUT2D eigenvalue weighted by atomic mass is 9.54. The first-order valence-electron chi connectivity index (χ1n) is 17.5. The third-order valence-electron chi connectivity index (χ3n) is 13.3. The molecule has 0 aromatic rings. The van der Waals surface area contributed by atoms with Crippen molar-refractivity contribution in [3.05, 3.63) is 12.2 Å². The lowest BCUT2D eigenvalue weighted by molar-refractivity contribution is -0.00501. The van der Waals surface area contributed by atoms with Crippen LogP contribution in [0.15, 0.2) is 12.2 Å². The van der Waals surface area contributed by atoms with E-state index in [2.05, 4.69) is 12.2 Å². The first kappa shape index (κ1) is 26.0. The molecule has 0 spiro atoms. The Labute approximate surface area is 225 Å². The van der Waals surface area contributed by atoms with Gasteiger partial charge in [0.25, 0.3) is 0 Å². The first-order chi connectivity index (χ1) is 17.9. The topological polar surface area (TPSA) is 0 Å². The molecule has 0 aliphatic heterocycles. The van der Waals surface area contributed by atoms with E-state index in [1.807, 2.05) is 0 Å². The van der Waals surface area contributed by atoms with Gasteiger partial charge in [0.2, 0.25) is 0 Å². The van der Waals surface area contributed by atoms with Gasteiger partial charge < -0.3 is 0 Å². The highest BCUT2D eigenvalue weighted by Crippen LogP contribution is 2.55. The summed E-state index contributed by atoms with van der Waals surface area (Å²) in [6.07, 6.45) is 42.7. The van der Waals surface area contributed by atoms with Gasteiger partial charge in [-0.1, -0.05) is 89.2 Å². The highest BCUT2D eigenvalue weighted by Gasteiger charge is 2.45. The molecule has 0 heterocycles. The van der Waals surface area contributed by atoms with E-state index in [0.29, 0.717) is 0 Å². The van der Waals surface area contributed by atoms with Crippen LogP contribution in [0.5, 0.6) is 0 Å². The number of hydrogen-bond acceptors (Lipinski definition) is 0. The van der Waals surface area contributed by atoms with Gasteiger partial charge in [-0.25, -0.2) is 0 Å². The SMILES string of the molecule is C1=CC2C(CC1)CCCC2C1CCCCCCC(C2CCC(C3CCCCC3)CC2)C2CCCCC21. The zero-order chi connectivity index (χ0) is 24.2. The molecular weight excluding hydrogens is 432 g/mol. The Bertz CT molecular complexity index is 676. The summed E-state index contributed by atoms with van der Waals surface area (Å²) < 4.78 is 0. The maximum atomic E-state index is 2.75. The maximum absolute atomic E-state index is 2.75. The predicted octanol–water partition coefficient (Wildman–Crippen LogP) is 11.1. The summed E-state index contributed by atoms with van der Waals surface area (Å²) in [4.78, 5) is 0. The Balaban J connectivity index is 1.19. The maximum Gasteiger partial charge on any atom is -0.0174 e. The van der Waals surface area contributed by atoms with E-state index < -0.39 is 0 Å². The minimum atomic E-state index is 0.951. The van der Waals surface area contributed by atoms with Gasteiger partial charge in [-0.05, 0) is 136 Å². The molecule has 0 saturated heterocycles. The predicted molar refractivity (Wildman–Crippen MR) is 155 cm³/mol. The van der Waals surface area contributed by atoms with Crippen molar-refractivity contribution in [3.63, 3.8) is 0 Å². The van der Waals surface area contributed by atoms with Crippen LogP contribution < -0.4 is 0 Å². The molecule has 6 aliphatic rings. The van der Waals surface area contributed by atoms with Crippen molar-refractivity contribution in [2.75, 3.05) is 0 Å². The normalized spacial score (nSPS) is 45.4. The highest BCUT2D eigenvalue weighted by molar-refractivity contribution is 5.04. The molecule has 5 saturated carbocycles. The van der Waals surface area contributed by atoms with Crippen molar-refractivity contribution in [1.29, 1.82) is 0 Å². The molecule has 0 N–H and O–H groups in total. The van der Waals surface area contributed by atoms with Gasteiger partial charge in [0, 0.05) is 0 Å². The fourth-order valence-corrected chi connectivity index (χ4v) is 11.6. The summed E-state index contributed by atoms with van der Waals surface area (Å²) in [6, 6.07) is 0. The number of allylic oxidation sites excluding steroid dienone is 2. The lowest BCUT2D eigenvalue weighted by Gasteiger charge is -2.51. The van der Waals surface area contributed by atoms with Crippen LogP contribution in [0, 0.1) is 59.2 Å². The monoisotopic (exact) mass is 492 g/mol. The van der Waals surface area contributed by atoms with Gasteiger partial charge in [0.1, 0.15) is 0 Å². The van der Waals surface area contributed by atoms with Gasteiger partial charge in [-0.2, -0.15) is 0 Å². The van der Waals surface area contributed by atoms with Crippen molar-refractivity contribution < 1.29 is 0 Å². The quantitative estimate of drug-likeness (QED) is 0.344. The summed E-state index contributed by atoms with van der Waals surface area (Å²) in [5.41, 5.74) is 0. The van der Waals surface area contributed by atoms with E-state index in [4.69, 9.17) is 0 Å². The second kappa shape index (κ2) is 12.7.